The fraction of sp³-hybridized carbons (Fsp3) is 0.588. The van der Waals surface area contributed by atoms with Gasteiger partial charge in [-0.1, -0.05) is 19.1 Å². The van der Waals surface area contributed by atoms with Crippen molar-refractivity contribution in [3.8, 4) is 5.75 Å². The summed E-state index contributed by atoms with van der Waals surface area (Å²) in [6.07, 6.45) is 1.90. The standard InChI is InChI=1S/C17H25NO2/c1-12-7-6-10-18(11-12)17(19)15(4)20-16-9-5-8-13(2)14(16)3/h5,8-9,12,15H,6-7,10-11H2,1-4H3/t12-,15+/m1/s1. The van der Waals surface area contributed by atoms with E-state index in [1.165, 1.54) is 12.0 Å². The van der Waals surface area contributed by atoms with Crippen LogP contribution in [0.1, 0.15) is 37.8 Å². The molecule has 1 saturated heterocycles. The molecule has 1 aromatic rings. The Labute approximate surface area is 121 Å². The van der Waals surface area contributed by atoms with E-state index in [4.69, 9.17) is 4.74 Å². The van der Waals surface area contributed by atoms with Crippen molar-refractivity contribution in [2.75, 3.05) is 13.1 Å². The second kappa shape index (κ2) is 6.29. The highest BCUT2D eigenvalue weighted by Gasteiger charge is 2.26. The summed E-state index contributed by atoms with van der Waals surface area (Å²) in [5.74, 6) is 1.52. The Morgan fingerprint density at radius 1 is 1.40 bits per heavy atom. The zero-order valence-electron chi connectivity index (χ0n) is 13.0. The third kappa shape index (κ3) is 3.33. The quantitative estimate of drug-likeness (QED) is 0.847. The Bertz CT molecular complexity index is 484. The molecule has 20 heavy (non-hydrogen) atoms. The van der Waals surface area contributed by atoms with Gasteiger partial charge in [-0.05, 0) is 56.7 Å². The number of amides is 1. The minimum atomic E-state index is -0.416. The number of rotatable bonds is 3. The van der Waals surface area contributed by atoms with Gasteiger partial charge in [0.05, 0.1) is 0 Å². The molecule has 0 radical (unpaired) electrons. The first-order chi connectivity index (χ1) is 9.49. The number of piperidine rings is 1. The van der Waals surface area contributed by atoms with Crippen molar-refractivity contribution in [2.45, 2.75) is 46.6 Å². The lowest BCUT2D eigenvalue weighted by molar-refractivity contribution is -0.139. The largest absolute Gasteiger partial charge is 0.481 e. The molecule has 2 atom stereocenters. The van der Waals surface area contributed by atoms with Crippen molar-refractivity contribution >= 4 is 5.91 Å². The zero-order chi connectivity index (χ0) is 14.7. The number of hydrogen-bond acceptors (Lipinski definition) is 2. The van der Waals surface area contributed by atoms with E-state index in [0.29, 0.717) is 5.92 Å². The van der Waals surface area contributed by atoms with Gasteiger partial charge in [-0.2, -0.15) is 0 Å². The van der Waals surface area contributed by atoms with Crippen molar-refractivity contribution in [3.05, 3.63) is 29.3 Å². The minimum Gasteiger partial charge on any atom is -0.481 e. The summed E-state index contributed by atoms with van der Waals surface area (Å²) in [5, 5.41) is 0. The molecule has 1 fully saturated rings. The summed E-state index contributed by atoms with van der Waals surface area (Å²) in [6.45, 7) is 9.87. The van der Waals surface area contributed by atoms with E-state index in [2.05, 4.69) is 19.9 Å². The minimum absolute atomic E-state index is 0.109. The second-order valence-electron chi connectivity index (χ2n) is 5.99. The van der Waals surface area contributed by atoms with Crippen molar-refractivity contribution in [3.63, 3.8) is 0 Å². The van der Waals surface area contributed by atoms with Gasteiger partial charge in [0.1, 0.15) is 5.75 Å². The number of hydrogen-bond donors (Lipinski definition) is 0. The first kappa shape index (κ1) is 14.9. The Morgan fingerprint density at radius 3 is 2.85 bits per heavy atom. The van der Waals surface area contributed by atoms with Crippen molar-refractivity contribution in [2.24, 2.45) is 5.92 Å². The molecule has 110 valence electrons. The van der Waals surface area contributed by atoms with Crippen LogP contribution in [0, 0.1) is 19.8 Å². The van der Waals surface area contributed by atoms with E-state index >= 15 is 0 Å². The van der Waals surface area contributed by atoms with Gasteiger partial charge in [0.25, 0.3) is 5.91 Å². The molecule has 0 unspecified atom stereocenters. The summed E-state index contributed by atoms with van der Waals surface area (Å²) in [5.41, 5.74) is 2.30. The fourth-order valence-electron chi connectivity index (χ4n) is 2.74. The maximum Gasteiger partial charge on any atom is 0.263 e. The topological polar surface area (TPSA) is 29.5 Å². The van der Waals surface area contributed by atoms with Crippen LogP contribution in [-0.4, -0.2) is 30.0 Å². The highest BCUT2D eigenvalue weighted by molar-refractivity contribution is 5.81. The molecule has 0 spiro atoms. The molecule has 0 aromatic heterocycles. The summed E-state index contributed by atoms with van der Waals surface area (Å²) >= 11 is 0. The molecule has 0 aliphatic carbocycles. The Hall–Kier alpha value is -1.51. The molecule has 3 heteroatoms. The van der Waals surface area contributed by atoms with Crippen LogP contribution in [0.2, 0.25) is 0 Å². The molecular weight excluding hydrogens is 250 g/mol. The molecular formula is C17H25NO2. The van der Waals surface area contributed by atoms with Crippen LogP contribution in [0.5, 0.6) is 5.75 Å². The number of benzene rings is 1. The average molecular weight is 275 g/mol. The Morgan fingerprint density at radius 2 is 2.15 bits per heavy atom. The number of ether oxygens (including phenoxy) is 1. The number of nitrogens with zero attached hydrogens (tertiary/aromatic N) is 1. The Balaban J connectivity index is 2.02. The van der Waals surface area contributed by atoms with E-state index in [1.807, 2.05) is 30.9 Å². The van der Waals surface area contributed by atoms with E-state index < -0.39 is 6.10 Å². The highest BCUT2D eigenvalue weighted by atomic mass is 16.5. The molecule has 0 bridgehead atoms. The fourth-order valence-corrected chi connectivity index (χ4v) is 2.74. The molecule has 1 heterocycles. The SMILES string of the molecule is Cc1cccc(O[C@@H](C)C(=O)N2CCC[C@@H](C)C2)c1C. The highest BCUT2D eigenvalue weighted by Crippen LogP contribution is 2.23. The first-order valence-corrected chi connectivity index (χ1v) is 7.50. The van der Waals surface area contributed by atoms with E-state index in [0.717, 1.165) is 30.8 Å². The van der Waals surface area contributed by atoms with E-state index in [9.17, 15) is 4.79 Å². The van der Waals surface area contributed by atoms with Crippen LogP contribution >= 0.6 is 0 Å². The lowest BCUT2D eigenvalue weighted by Crippen LogP contribution is -2.45. The molecule has 3 nitrogen and oxygen atoms in total. The van der Waals surface area contributed by atoms with Gasteiger partial charge < -0.3 is 9.64 Å². The van der Waals surface area contributed by atoms with Gasteiger partial charge in [-0.15, -0.1) is 0 Å². The van der Waals surface area contributed by atoms with Crippen molar-refractivity contribution in [1.29, 1.82) is 0 Å². The summed E-state index contributed by atoms with van der Waals surface area (Å²) in [6, 6.07) is 5.96. The molecule has 1 amide bonds. The molecule has 0 saturated carbocycles. The van der Waals surface area contributed by atoms with Crippen LogP contribution in [0.25, 0.3) is 0 Å². The van der Waals surface area contributed by atoms with Crippen LogP contribution in [0.4, 0.5) is 0 Å². The molecule has 2 rings (SSSR count). The normalized spacial score (nSPS) is 20.6. The van der Waals surface area contributed by atoms with Crippen LogP contribution in [0.3, 0.4) is 0 Å². The maximum atomic E-state index is 12.4. The monoisotopic (exact) mass is 275 g/mol. The van der Waals surface area contributed by atoms with Crippen LogP contribution < -0.4 is 4.74 Å². The lowest BCUT2D eigenvalue weighted by atomic mass is 10.00. The van der Waals surface area contributed by atoms with Crippen molar-refractivity contribution in [1.82, 2.24) is 4.90 Å². The predicted octanol–water partition coefficient (Wildman–Crippen LogP) is 3.33. The molecule has 1 aliphatic rings. The number of aryl methyl sites for hydroxylation is 1. The van der Waals surface area contributed by atoms with Gasteiger partial charge in [0.15, 0.2) is 6.10 Å². The Kier molecular flexibility index (Phi) is 4.69. The zero-order valence-corrected chi connectivity index (χ0v) is 13.0. The third-order valence-electron chi connectivity index (χ3n) is 4.18. The van der Waals surface area contributed by atoms with E-state index in [-0.39, 0.29) is 5.91 Å². The predicted molar refractivity (Wildman–Crippen MR) is 81.0 cm³/mol. The maximum absolute atomic E-state index is 12.4. The second-order valence-corrected chi connectivity index (χ2v) is 5.99. The molecule has 1 aromatic carbocycles. The van der Waals surface area contributed by atoms with Crippen molar-refractivity contribution < 1.29 is 9.53 Å². The number of carbonyl (C=O) groups excluding carboxylic acids is 1. The van der Waals surface area contributed by atoms with Gasteiger partial charge in [0.2, 0.25) is 0 Å². The average Bonchev–Trinajstić information content (AvgIpc) is 2.43. The van der Waals surface area contributed by atoms with Crippen LogP contribution in [-0.2, 0) is 4.79 Å². The lowest BCUT2D eigenvalue weighted by Gasteiger charge is -2.32. The number of carbonyl (C=O) groups is 1. The van der Waals surface area contributed by atoms with Gasteiger partial charge in [-0.25, -0.2) is 0 Å². The third-order valence-corrected chi connectivity index (χ3v) is 4.18. The smallest absolute Gasteiger partial charge is 0.263 e. The number of likely N-dealkylation sites (tertiary alicyclic amines) is 1. The van der Waals surface area contributed by atoms with Crippen LogP contribution in [0.15, 0.2) is 18.2 Å². The first-order valence-electron chi connectivity index (χ1n) is 7.50. The summed E-state index contributed by atoms with van der Waals surface area (Å²) in [4.78, 5) is 14.4. The van der Waals surface area contributed by atoms with E-state index in [1.54, 1.807) is 0 Å². The summed E-state index contributed by atoms with van der Waals surface area (Å²) in [7, 11) is 0. The van der Waals surface area contributed by atoms with Gasteiger partial charge in [0, 0.05) is 13.1 Å². The van der Waals surface area contributed by atoms with Gasteiger partial charge in [-0.3, -0.25) is 4.79 Å². The molecule has 1 aliphatic heterocycles. The summed E-state index contributed by atoms with van der Waals surface area (Å²) < 4.78 is 5.88. The van der Waals surface area contributed by atoms with Gasteiger partial charge >= 0.3 is 0 Å². The molecule has 0 N–H and O–H groups in total.